The molecular formula is C13H21ClN2O2. The van der Waals surface area contributed by atoms with Crippen LogP contribution >= 0.6 is 11.6 Å². The summed E-state index contributed by atoms with van der Waals surface area (Å²) in [6.07, 6.45) is 2.93. The highest BCUT2D eigenvalue weighted by Crippen LogP contribution is 2.15. The molecule has 102 valence electrons. The summed E-state index contributed by atoms with van der Waals surface area (Å²) in [6, 6.07) is -0.101. The minimum atomic E-state index is -0.423. The van der Waals surface area contributed by atoms with Crippen LogP contribution in [0.25, 0.3) is 0 Å². The zero-order valence-corrected chi connectivity index (χ0v) is 12.2. The van der Waals surface area contributed by atoms with Gasteiger partial charge in [0.2, 0.25) is 0 Å². The van der Waals surface area contributed by atoms with Crippen LogP contribution in [0.15, 0.2) is 9.59 Å². The van der Waals surface area contributed by atoms with Gasteiger partial charge in [-0.1, -0.05) is 38.3 Å². The number of nitrogens with one attached hydrogen (secondary N) is 1. The average molecular weight is 273 g/mol. The fraction of sp³-hybridized carbons (Fsp3) is 0.692. The third kappa shape index (κ3) is 3.48. The van der Waals surface area contributed by atoms with Crippen molar-refractivity contribution in [3.63, 3.8) is 0 Å². The van der Waals surface area contributed by atoms with E-state index in [1.165, 1.54) is 4.57 Å². The summed E-state index contributed by atoms with van der Waals surface area (Å²) in [5, 5.41) is 0.135. The van der Waals surface area contributed by atoms with Crippen LogP contribution in [0, 0.1) is 12.8 Å². The number of hydrogen-bond donors (Lipinski definition) is 1. The highest BCUT2D eigenvalue weighted by Gasteiger charge is 2.14. The molecule has 0 amide bonds. The van der Waals surface area contributed by atoms with E-state index in [-0.39, 0.29) is 16.8 Å². The standard InChI is InChI=1S/C13H21ClN2O2/c1-8(2)6-5-7-9(3)16-12(17)10(4)11(14)15-13(16)18/h8-9H,5-7H2,1-4H3,(H,15,18). The van der Waals surface area contributed by atoms with E-state index in [0.29, 0.717) is 11.5 Å². The lowest BCUT2D eigenvalue weighted by Gasteiger charge is -2.15. The van der Waals surface area contributed by atoms with Crippen LogP contribution < -0.4 is 11.2 Å². The Morgan fingerprint density at radius 3 is 2.39 bits per heavy atom. The summed E-state index contributed by atoms with van der Waals surface area (Å²) in [6.45, 7) is 7.84. The minimum absolute atomic E-state index is 0.101. The van der Waals surface area contributed by atoms with Crippen molar-refractivity contribution in [1.82, 2.24) is 9.55 Å². The summed E-state index contributed by atoms with van der Waals surface area (Å²) in [5.41, 5.74) is -0.319. The Hall–Kier alpha value is -1.03. The predicted molar refractivity (Wildman–Crippen MR) is 74.5 cm³/mol. The maximum Gasteiger partial charge on any atom is 0.329 e. The van der Waals surface area contributed by atoms with Crippen LogP contribution in [0.1, 0.15) is 51.6 Å². The van der Waals surface area contributed by atoms with Gasteiger partial charge in [0.1, 0.15) is 5.15 Å². The Morgan fingerprint density at radius 1 is 1.22 bits per heavy atom. The predicted octanol–water partition coefficient (Wildman–Crippen LogP) is 2.89. The molecule has 0 bridgehead atoms. The van der Waals surface area contributed by atoms with E-state index in [0.717, 1.165) is 19.3 Å². The molecule has 0 aliphatic heterocycles. The second-order valence-corrected chi connectivity index (χ2v) is 5.60. The first-order valence-corrected chi connectivity index (χ1v) is 6.73. The highest BCUT2D eigenvalue weighted by atomic mass is 35.5. The number of aromatic nitrogens is 2. The van der Waals surface area contributed by atoms with Crippen LogP contribution in [-0.4, -0.2) is 9.55 Å². The van der Waals surface area contributed by atoms with Crippen LogP contribution in [0.2, 0.25) is 5.15 Å². The van der Waals surface area contributed by atoms with Crippen molar-refractivity contribution in [2.45, 2.75) is 53.0 Å². The molecular weight excluding hydrogens is 252 g/mol. The molecule has 1 unspecified atom stereocenters. The van der Waals surface area contributed by atoms with Crippen molar-refractivity contribution in [2.75, 3.05) is 0 Å². The monoisotopic (exact) mass is 272 g/mol. The Labute approximate surface area is 112 Å². The molecule has 18 heavy (non-hydrogen) atoms. The summed E-state index contributed by atoms with van der Waals surface area (Å²) in [5.74, 6) is 0.638. The Kier molecular flexibility index (Phi) is 5.20. The lowest BCUT2D eigenvalue weighted by atomic mass is 10.0. The van der Waals surface area contributed by atoms with E-state index >= 15 is 0 Å². The molecule has 0 saturated carbocycles. The van der Waals surface area contributed by atoms with Crippen molar-refractivity contribution in [3.05, 3.63) is 31.6 Å². The largest absolute Gasteiger partial charge is 0.329 e. The van der Waals surface area contributed by atoms with Crippen LogP contribution in [-0.2, 0) is 0 Å². The molecule has 0 fully saturated rings. The molecule has 0 spiro atoms. The van der Waals surface area contributed by atoms with E-state index in [9.17, 15) is 9.59 Å². The van der Waals surface area contributed by atoms with Gasteiger partial charge in [0.05, 0.1) is 0 Å². The number of halogens is 1. The van der Waals surface area contributed by atoms with E-state index in [1.807, 2.05) is 6.92 Å². The number of rotatable bonds is 5. The molecule has 1 aromatic rings. The molecule has 0 aliphatic carbocycles. The van der Waals surface area contributed by atoms with Gasteiger partial charge in [-0.05, 0) is 26.2 Å². The normalized spacial score (nSPS) is 13.0. The molecule has 1 N–H and O–H groups in total. The lowest BCUT2D eigenvalue weighted by Crippen LogP contribution is -2.38. The molecule has 4 nitrogen and oxygen atoms in total. The first-order chi connectivity index (χ1) is 8.34. The third-order valence-electron chi connectivity index (χ3n) is 3.15. The summed E-state index contributed by atoms with van der Waals surface area (Å²) < 4.78 is 1.27. The maximum atomic E-state index is 12.0. The molecule has 1 aromatic heterocycles. The van der Waals surface area contributed by atoms with Crippen molar-refractivity contribution in [2.24, 2.45) is 5.92 Å². The number of aromatic amines is 1. The molecule has 1 heterocycles. The van der Waals surface area contributed by atoms with Crippen molar-refractivity contribution in [3.8, 4) is 0 Å². The molecule has 0 saturated heterocycles. The smallest absolute Gasteiger partial charge is 0.297 e. The molecule has 0 radical (unpaired) electrons. The first kappa shape index (κ1) is 15.0. The van der Waals surface area contributed by atoms with Crippen LogP contribution in [0.4, 0.5) is 0 Å². The molecule has 0 aromatic carbocycles. The zero-order valence-electron chi connectivity index (χ0n) is 11.4. The zero-order chi connectivity index (χ0) is 13.9. The topological polar surface area (TPSA) is 54.9 Å². The number of hydrogen-bond acceptors (Lipinski definition) is 2. The van der Waals surface area contributed by atoms with Gasteiger partial charge >= 0.3 is 5.69 Å². The lowest BCUT2D eigenvalue weighted by molar-refractivity contribution is 0.425. The fourth-order valence-electron chi connectivity index (χ4n) is 1.97. The SMILES string of the molecule is Cc1c(Cl)[nH]c(=O)n(C(C)CCCC(C)C)c1=O. The minimum Gasteiger partial charge on any atom is -0.297 e. The molecule has 1 rings (SSSR count). The Balaban J connectivity index is 2.93. The highest BCUT2D eigenvalue weighted by molar-refractivity contribution is 6.30. The van der Waals surface area contributed by atoms with E-state index < -0.39 is 5.69 Å². The third-order valence-corrected chi connectivity index (χ3v) is 3.53. The Bertz CT molecular complexity index is 517. The van der Waals surface area contributed by atoms with E-state index in [4.69, 9.17) is 11.6 Å². The van der Waals surface area contributed by atoms with Crippen molar-refractivity contribution in [1.29, 1.82) is 0 Å². The van der Waals surface area contributed by atoms with Gasteiger partial charge in [0.15, 0.2) is 0 Å². The quantitative estimate of drug-likeness (QED) is 0.838. The van der Waals surface area contributed by atoms with Crippen LogP contribution in [0.3, 0.4) is 0 Å². The van der Waals surface area contributed by atoms with Gasteiger partial charge in [-0.2, -0.15) is 0 Å². The van der Waals surface area contributed by atoms with Gasteiger partial charge < -0.3 is 0 Å². The van der Waals surface area contributed by atoms with Crippen molar-refractivity contribution < 1.29 is 0 Å². The van der Waals surface area contributed by atoms with Gasteiger partial charge in [0, 0.05) is 11.6 Å². The second kappa shape index (κ2) is 6.23. The fourth-order valence-corrected chi connectivity index (χ4v) is 2.13. The number of nitrogens with zero attached hydrogens (tertiary/aromatic N) is 1. The van der Waals surface area contributed by atoms with Gasteiger partial charge in [-0.15, -0.1) is 0 Å². The van der Waals surface area contributed by atoms with Gasteiger partial charge in [0.25, 0.3) is 5.56 Å². The van der Waals surface area contributed by atoms with E-state index in [1.54, 1.807) is 6.92 Å². The summed E-state index contributed by atoms with van der Waals surface area (Å²) >= 11 is 5.77. The van der Waals surface area contributed by atoms with Crippen LogP contribution in [0.5, 0.6) is 0 Å². The molecule has 5 heteroatoms. The first-order valence-electron chi connectivity index (χ1n) is 6.35. The van der Waals surface area contributed by atoms with E-state index in [2.05, 4.69) is 18.8 Å². The Morgan fingerprint density at radius 2 is 1.83 bits per heavy atom. The molecule has 0 aliphatic rings. The maximum absolute atomic E-state index is 12.0. The van der Waals surface area contributed by atoms with Crippen molar-refractivity contribution >= 4 is 11.6 Å². The molecule has 1 atom stereocenters. The van der Waals surface area contributed by atoms with Gasteiger partial charge in [-0.3, -0.25) is 14.3 Å². The summed E-state index contributed by atoms with van der Waals surface area (Å²) in [7, 11) is 0. The van der Waals surface area contributed by atoms with Gasteiger partial charge in [-0.25, -0.2) is 4.79 Å². The second-order valence-electron chi connectivity index (χ2n) is 5.22. The number of H-pyrrole nitrogens is 1. The average Bonchev–Trinajstić information content (AvgIpc) is 2.25. The summed E-state index contributed by atoms with van der Waals surface area (Å²) in [4.78, 5) is 26.3.